The molecule has 108 valence electrons. The molecule has 0 saturated heterocycles. The summed E-state index contributed by atoms with van der Waals surface area (Å²) in [5.41, 5.74) is 2.42. The first-order valence-corrected chi connectivity index (χ1v) is 9.41. The van der Waals surface area contributed by atoms with Crippen LogP contribution >= 0.6 is 23.1 Å². The summed E-state index contributed by atoms with van der Waals surface area (Å²) in [6.45, 7) is 3.18. The van der Waals surface area contributed by atoms with Gasteiger partial charge in [-0.15, -0.1) is 0 Å². The maximum Gasteiger partial charge on any atom is 0.183 e. The molecule has 2 nitrogen and oxygen atoms in total. The molecule has 2 aromatic rings. The van der Waals surface area contributed by atoms with Gasteiger partial charge in [0.2, 0.25) is 0 Å². The Morgan fingerprint density at radius 3 is 2.85 bits per heavy atom. The summed E-state index contributed by atoms with van der Waals surface area (Å²) in [6, 6.07) is 6.48. The van der Waals surface area contributed by atoms with E-state index < -0.39 is 0 Å². The van der Waals surface area contributed by atoms with Gasteiger partial charge in [0.05, 0.1) is 10.2 Å². The number of nitrogens with zero attached hydrogens (tertiary/aromatic N) is 1. The van der Waals surface area contributed by atoms with E-state index in [-0.39, 0.29) is 0 Å². The minimum atomic E-state index is 0.423. The monoisotopic (exact) mass is 306 g/mol. The van der Waals surface area contributed by atoms with Crippen molar-refractivity contribution in [1.82, 2.24) is 4.98 Å². The summed E-state index contributed by atoms with van der Waals surface area (Å²) in [5.74, 6) is 0. The lowest BCUT2D eigenvalue weighted by Gasteiger charge is -2.35. The smallest absolute Gasteiger partial charge is 0.183 e. The lowest BCUT2D eigenvalue weighted by Crippen LogP contribution is -2.35. The van der Waals surface area contributed by atoms with Crippen molar-refractivity contribution in [2.45, 2.75) is 43.8 Å². The van der Waals surface area contributed by atoms with Crippen LogP contribution in [0, 0.1) is 6.92 Å². The van der Waals surface area contributed by atoms with E-state index in [1.807, 2.05) is 11.8 Å². The first-order valence-electron chi connectivity index (χ1n) is 7.37. The van der Waals surface area contributed by atoms with Crippen LogP contribution in [0.5, 0.6) is 0 Å². The van der Waals surface area contributed by atoms with Gasteiger partial charge in [0.15, 0.2) is 5.13 Å². The van der Waals surface area contributed by atoms with E-state index in [9.17, 15) is 0 Å². The van der Waals surface area contributed by atoms with Crippen molar-refractivity contribution < 1.29 is 0 Å². The summed E-state index contributed by atoms with van der Waals surface area (Å²) < 4.78 is 1.71. The molecule has 0 amide bonds. The number of hydrogen-bond acceptors (Lipinski definition) is 4. The quantitative estimate of drug-likeness (QED) is 0.852. The van der Waals surface area contributed by atoms with E-state index in [1.165, 1.54) is 42.4 Å². The molecule has 1 aliphatic rings. The van der Waals surface area contributed by atoms with Gasteiger partial charge in [-0.3, -0.25) is 0 Å². The zero-order valence-corrected chi connectivity index (χ0v) is 13.9. The largest absolute Gasteiger partial charge is 0.360 e. The fourth-order valence-corrected chi connectivity index (χ4v) is 4.87. The van der Waals surface area contributed by atoms with Crippen LogP contribution < -0.4 is 5.32 Å². The number of thioether (sulfide) groups is 1. The van der Waals surface area contributed by atoms with Crippen molar-refractivity contribution in [2.75, 3.05) is 18.1 Å². The molecule has 0 unspecified atom stereocenters. The molecule has 0 bridgehead atoms. The summed E-state index contributed by atoms with van der Waals surface area (Å²) in [7, 11) is 0. The Hall–Kier alpha value is -0.740. The lowest BCUT2D eigenvalue weighted by atomic mass is 9.88. The average Bonchev–Trinajstić information content (AvgIpc) is 2.88. The number of benzene rings is 1. The minimum Gasteiger partial charge on any atom is -0.360 e. The number of aryl methyl sites for hydroxylation is 1. The molecule has 1 heterocycles. The highest BCUT2D eigenvalue weighted by atomic mass is 32.2. The number of rotatable bonds is 4. The van der Waals surface area contributed by atoms with E-state index in [4.69, 9.17) is 4.98 Å². The molecule has 1 aromatic heterocycles. The van der Waals surface area contributed by atoms with Gasteiger partial charge in [0.25, 0.3) is 0 Å². The Morgan fingerprint density at radius 1 is 1.30 bits per heavy atom. The van der Waals surface area contributed by atoms with Gasteiger partial charge >= 0.3 is 0 Å². The third-order valence-corrected chi connectivity index (χ3v) is 6.70. The van der Waals surface area contributed by atoms with E-state index in [2.05, 4.69) is 36.7 Å². The molecule has 20 heavy (non-hydrogen) atoms. The number of fused-ring (bicyclic) bond motifs is 1. The van der Waals surface area contributed by atoms with E-state index in [1.54, 1.807) is 11.3 Å². The molecule has 1 fully saturated rings. The van der Waals surface area contributed by atoms with Crippen molar-refractivity contribution in [3.8, 4) is 0 Å². The fourth-order valence-electron chi connectivity index (χ4n) is 2.99. The molecular formula is C16H22N2S2. The maximum atomic E-state index is 4.70. The SMILES string of the molecule is CSC1(CNc2nc3ccc(C)cc3s2)CCCCC1. The third kappa shape index (κ3) is 2.96. The van der Waals surface area contributed by atoms with Crippen LogP contribution in [0.1, 0.15) is 37.7 Å². The van der Waals surface area contributed by atoms with Crippen LogP contribution in [0.25, 0.3) is 10.2 Å². The van der Waals surface area contributed by atoms with Gasteiger partial charge in [-0.1, -0.05) is 36.7 Å². The number of anilines is 1. The molecule has 0 aliphatic heterocycles. The Kier molecular flexibility index (Phi) is 4.22. The van der Waals surface area contributed by atoms with Crippen molar-refractivity contribution in [3.05, 3.63) is 23.8 Å². The van der Waals surface area contributed by atoms with Crippen LogP contribution in [0.15, 0.2) is 18.2 Å². The van der Waals surface area contributed by atoms with E-state index in [0.29, 0.717) is 4.75 Å². The molecular weight excluding hydrogens is 284 g/mol. The molecule has 1 saturated carbocycles. The van der Waals surface area contributed by atoms with Crippen LogP contribution in [-0.4, -0.2) is 22.5 Å². The normalized spacial score (nSPS) is 18.3. The first kappa shape index (κ1) is 14.2. The first-order chi connectivity index (χ1) is 9.71. The summed E-state index contributed by atoms with van der Waals surface area (Å²) in [6.07, 6.45) is 9.09. The van der Waals surface area contributed by atoms with Crippen molar-refractivity contribution >= 4 is 38.4 Å². The molecule has 3 rings (SSSR count). The van der Waals surface area contributed by atoms with Crippen molar-refractivity contribution in [3.63, 3.8) is 0 Å². The molecule has 1 aromatic carbocycles. The zero-order valence-electron chi connectivity index (χ0n) is 12.2. The van der Waals surface area contributed by atoms with Crippen LogP contribution in [0.3, 0.4) is 0 Å². The van der Waals surface area contributed by atoms with Crippen LogP contribution in [0.4, 0.5) is 5.13 Å². The second-order valence-corrected chi connectivity index (χ2v) is 8.10. The summed E-state index contributed by atoms with van der Waals surface area (Å²) in [4.78, 5) is 4.70. The number of hydrogen-bond donors (Lipinski definition) is 1. The molecule has 4 heteroatoms. The molecule has 1 N–H and O–H groups in total. The van der Waals surface area contributed by atoms with Crippen molar-refractivity contribution in [2.24, 2.45) is 0 Å². The highest BCUT2D eigenvalue weighted by Crippen LogP contribution is 2.39. The summed E-state index contributed by atoms with van der Waals surface area (Å²) >= 11 is 3.81. The zero-order chi connectivity index (χ0) is 14.0. The lowest BCUT2D eigenvalue weighted by molar-refractivity contribution is 0.411. The standard InChI is InChI=1S/C16H22N2S2/c1-12-6-7-13-14(10-12)20-15(18-13)17-11-16(19-2)8-4-3-5-9-16/h6-7,10H,3-5,8-9,11H2,1-2H3,(H,17,18). The fraction of sp³-hybridized carbons (Fsp3) is 0.562. The predicted octanol–water partition coefficient (Wildman–Crippen LogP) is 5.08. The van der Waals surface area contributed by atoms with Crippen LogP contribution in [-0.2, 0) is 0 Å². The Morgan fingerprint density at radius 2 is 2.10 bits per heavy atom. The Labute approximate surface area is 129 Å². The molecule has 0 spiro atoms. The van der Waals surface area contributed by atoms with Gasteiger partial charge in [-0.2, -0.15) is 11.8 Å². The van der Waals surface area contributed by atoms with E-state index in [0.717, 1.165) is 17.2 Å². The topological polar surface area (TPSA) is 24.9 Å². The Bertz CT molecular complexity index is 585. The second-order valence-electron chi connectivity index (χ2n) is 5.79. The number of thiazole rings is 1. The number of aromatic nitrogens is 1. The highest BCUT2D eigenvalue weighted by molar-refractivity contribution is 8.00. The maximum absolute atomic E-state index is 4.70. The third-order valence-electron chi connectivity index (χ3n) is 4.30. The van der Waals surface area contributed by atoms with Gasteiger partial charge in [0.1, 0.15) is 0 Å². The van der Waals surface area contributed by atoms with Crippen LogP contribution in [0.2, 0.25) is 0 Å². The summed E-state index contributed by atoms with van der Waals surface area (Å²) in [5, 5.41) is 4.68. The van der Waals surface area contributed by atoms with Crippen molar-refractivity contribution in [1.29, 1.82) is 0 Å². The van der Waals surface area contributed by atoms with Gasteiger partial charge in [-0.05, 0) is 43.7 Å². The van der Waals surface area contributed by atoms with Gasteiger partial charge < -0.3 is 5.32 Å². The van der Waals surface area contributed by atoms with Gasteiger partial charge in [0, 0.05) is 11.3 Å². The molecule has 0 radical (unpaired) electrons. The average molecular weight is 307 g/mol. The van der Waals surface area contributed by atoms with E-state index >= 15 is 0 Å². The Balaban J connectivity index is 1.72. The molecule has 0 atom stereocenters. The predicted molar refractivity (Wildman–Crippen MR) is 92.2 cm³/mol. The minimum absolute atomic E-state index is 0.423. The second kappa shape index (κ2) is 5.94. The molecule has 1 aliphatic carbocycles. The van der Waals surface area contributed by atoms with Gasteiger partial charge in [-0.25, -0.2) is 4.98 Å². The highest BCUT2D eigenvalue weighted by Gasteiger charge is 2.31. The number of nitrogens with one attached hydrogen (secondary N) is 1.